The smallest absolute Gasteiger partial charge is 0.259 e. The highest BCUT2D eigenvalue weighted by molar-refractivity contribution is 14.1. The number of alkyl halides is 2. The minimum atomic E-state index is -2.83. The third kappa shape index (κ3) is 6.53. The van der Waals surface area contributed by atoms with Crippen LogP contribution in [0.4, 0.5) is 24.8 Å². The zero-order chi connectivity index (χ0) is 31.6. The van der Waals surface area contributed by atoms with Gasteiger partial charge >= 0.3 is 0 Å². The molecule has 228 valence electrons. The summed E-state index contributed by atoms with van der Waals surface area (Å²) >= 11 is 2.00. The number of hydrogen-bond acceptors (Lipinski definition) is 7. The lowest BCUT2D eigenvalue weighted by Gasteiger charge is -2.36. The Labute approximate surface area is 264 Å². The molecule has 3 atom stereocenters. The van der Waals surface area contributed by atoms with E-state index in [0.29, 0.717) is 9.13 Å². The maximum absolute atomic E-state index is 14.6. The molecule has 44 heavy (non-hydrogen) atoms. The quantitative estimate of drug-likeness (QED) is 0.352. The summed E-state index contributed by atoms with van der Waals surface area (Å²) in [5.41, 5.74) is 0.250. The van der Waals surface area contributed by atoms with Crippen molar-refractivity contribution in [2.24, 2.45) is 0 Å². The van der Waals surface area contributed by atoms with Gasteiger partial charge in [0.25, 0.3) is 11.8 Å². The van der Waals surface area contributed by atoms with E-state index in [0.717, 1.165) is 21.9 Å². The average molecular weight is 718 g/mol. The fourth-order valence-corrected chi connectivity index (χ4v) is 6.14. The summed E-state index contributed by atoms with van der Waals surface area (Å²) in [5, 5.41) is 22.7. The Morgan fingerprint density at radius 2 is 1.89 bits per heavy atom. The molecule has 2 N–H and O–H groups in total. The zero-order valence-corrected chi connectivity index (χ0v) is 25.2. The van der Waals surface area contributed by atoms with Gasteiger partial charge in [-0.2, -0.15) is 5.26 Å². The van der Waals surface area contributed by atoms with Gasteiger partial charge in [-0.1, -0.05) is 24.3 Å². The Kier molecular flexibility index (Phi) is 9.16. The second-order valence-electron chi connectivity index (χ2n) is 10.6. The van der Waals surface area contributed by atoms with Crippen LogP contribution in [-0.2, 0) is 14.4 Å². The number of carbonyl (C=O) groups excluding carboxylic acids is 3. The van der Waals surface area contributed by atoms with Gasteiger partial charge in [0.2, 0.25) is 17.8 Å². The molecule has 0 radical (unpaired) electrons. The predicted molar refractivity (Wildman–Crippen MR) is 160 cm³/mol. The Balaban J connectivity index is 1.61. The number of nitriles is 1. The molecule has 1 aromatic heterocycles. The monoisotopic (exact) mass is 718 g/mol. The van der Waals surface area contributed by atoms with Crippen LogP contribution in [0.1, 0.15) is 49.4 Å². The Hall–Kier alpha value is -4.10. The topological polar surface area (TPSA) is 140 Å². The summed E-state index contributed by atoms with van der Waals surface area (Å²) < 4.78 is 43.0. The molecule has 2 fully saturated rings. The van der Waals surface area contributed by atoms with Crippen LogP contribution >= 0.6 is 22.6 Å². The minimum absolute atomic E-state index is 0.0227. The van der Waals surface area contributed by atoms with E-state index >= 15 is 0 Å². The molecule has 1 aliphatic carbocycles. The van der Waals surface area contributed by atoms with Gasteiger partial charge in [-0.3, -0.25) is 24.2 Å². The predicted octanol–water partition coefficient (Wildman–Crippen LogP) is 4.03. The van der Waals surface area contributed by atoms with E-state index in [1.807, 2.05) is 28.7 Å². The van der Waals surface area contributed by atoms with Crippen molar-refractivity contribution in [3.8, 4) is 6.07 Å². The highest BCUT2D eigenvalue weighted by Crippen LogP contribution is 2.37. The number of aliphatic hydroxyl groups is 1. The normalized spacial score (nSPS) is 20.5. The Morgan fingerprint density at radius 1 is 1.16 bits per heavy atom. The number of anilines is 2. The average Bonchev–Trinajstić information content (AvgIpc) is 3.30. The van der Waals surface area contributed by atoms with Gasteiger partial charge in [0.15, 0.2) is 0 Å². The van der Waals surface area contributed by atoms with Crippen LogP contribution in [-0.4, -0.2) is 56.9 Å². The zero-order valence-electron chi connectivity index (χ0n) is 23.0. The SMILES string of the molecule is N#Cc1ccnc(N2C(=O)[C@@H](O)C[C@H]2C(=O)N(c2cccc(F)c2)[C@H](C(=O)NC2CCC(F)(F)CC2)c2ccccc2I)n1. The number of carbonyl (C=O) groups is 3. The van der Waals surface area contributed by atoms with Crippen LogP contribution in [0.25, 0.3) is 0 Å². The standard InChI is InChI=1S/C30H26F3IN6O4/c31-17-4-3-5-20(14-17)39(27(43)23-15-24(41)28(44)40(23)29-36-13-10-19(16-35)38-29)25(21-6-1-2-7-22(21)34)26(42)37-18-8-11-30(32,33)12-9-18/h1-7,10,13-14,18,23-25,41H,8-9,11-12,15H2,(H,37,42)/t23-,24-,25-/m0/s1. The molecule has 0 bridgehead atoms. The largest absolute Gasteiger partial charge is 0.383 e. The number of hydrogen-bond donors (Lipinski definition) is 2. The Bertz CT molecular complexity index is 1630. The third-order valence-electron chi connectivity index (χ3n) is 7.63. The van der Waals surface area contributed by atoms with Crippen LogP contribution in [0, 0.1) is 20.7 Å². The minimum Gasteiger partial charge on any atom is -0.383 e. The van der Waals surface area contributed by atoms with Crippen molar-refractivity contribution >= 4 is 51.9 Å². The van der Waals surface area contributed by atoms with Gasteiger partial charge < -0.3 is 10.4 Å². The number of rotatable bonds is 7. The van der Waals surface area contributed by atoms with E-state index in [4.69, 9.17) is 0 Å². The fourth-order valence-electron chi connectivity index (χ4n) is 5.46. The van der Waals surface area contributed by atoms with Gasteiger partial charge in [-0.15, -0.1) is 0 Å². The van der Waals surface area contributed by atoms with Crippen molar-refractivity contribution in [2.75, 3.05) is 9.80 Å². The van der Waals surface area contributed by atoms with Crippen molar-refractivity contribution in [3.63, 3.8) is 0 Å². The van der Waals surface area contributed by atoms with E-state index in [1.54, 1.807) is 24.3 Å². The molecule has 10 nitrogen and oxygen atoms in total. The van der Waals surface area contributed by atoms with Gasteiger partial charge in [0, 0.05) is 40.8 Å². The summed E-state index contributed by atoms with van der Waals surface area (Å²) in [4.78, 5) is 51.8. The van der Waals surface area contributed by atoms with Crippen LogP contribution in [0.2, 0.25) is 0 Å². The number of aliphatic hydroxyl groups excluding tert-OH is 1. The number of nitrogens with zero attached hydrogens (tertiary/aromatic N) is 5. The van der Waals surface area contributed by atoms with E-state index in [2.05, 4.69) is 15.3 Å². The first kappa shape index (κ1) is 31.3. The molecule has 1 saturated carbocycles. The molecule has 5 rings (SSSR count). The number of aromatic nitrogens is 2. The lowest BCUT2D eigenvalue weighted by molar-refractivity contribution is -0.128. The van der Waals surface area contributed by atoms with Crippen LogP contribution in [0.3, 0.4) is 0 Å². The van der Waals surface area contributed by atoms with Gasteiger partial charge in [0.05, 0.1) is 0 Å². The van der Waals surface area contributed by atoms with Crippen molar-refractivity contribution in [1.82, 2.24) is 15.3 Å². The highest BCUT2D eigenvalue weighted by Gasteiger charge is 2.49. The lowest BCUT2D eigenvalue weighted by atomic mass is 9.91. The van der Waals surface area contributed by atoms with E-state index < -0.39 is 73.0 Å². The van der Waals surface area contributed by atoms with Gasteiger partial charge in [-0.05, 0) is 71.3 Å². The number of amides is 3. The Morgan fingerprint density at radius 3 is 2.57 bits per heavy atom. The summed E-state index contributed by atoms with van der Waals surface area (Å²) in [6.45, 7) is 0. The van der Waals surface area contributed by atoms with Crippen molar-refractivity contribution in [1.29, 1.82) is 5.26 Å². The first-order chi connectivity index (χ1) is 21.0. The van der Waals surface area contributed by atoms with Crippen molar-refractivity contribution in [3.05, 3.63) is 81.4 Å². The second kappa shape index (κ2) is 12.9. The number of benzene rings is 2. The van der Waals surface area contributed by atoms with E-state index in [1.165, 1.54) is 24.4 Å². The molecule has 2 aromatic carbocycles. The van der Waals surface area contributed by atoms with Crippen LogP contribution < -0.4 is 15.1 Å². The first-order valence-corrected chi connectivity index (χ1v) is 14.8. The maximum Gasteiger partial charge on any atom is 0.259 e. The van der Waals surface area contributed by atoms with E-state index in [-0.39, 0.29) is 30.2 Å². The molecule has 3 aromatic rings. The molecule has 0 spiro atoms. The number of halogens is 4. The van der Waals surface area contributed by atoms with Crippen LogP contribution in [0.15, 0.2) is 60.8 Å². The molecule has 2 aliphatic rings. The molecule has 2 heterocycles. The molecular weight excluding hydrogens is 692 g/mol. The van der Waals surface area contributed by atoms with Crippen molar-refractivity contribution in [2.45, 2.75) is 62.3 Å². The van der Waals surface area contributed by atoms with Gasteiger partial charge in [0.1, 0.15) is 35.8 Å². The summed E-state index contributed by atoms with van der Waals surface area (Å²) in [5.74, 6) is -6.29. The maximum atomic E-state index is 14.6. The molecule has 14 heteroatoms. The summed E-state index contributed by atoms with van der Waals surface area (Å²) in [6, 6.07) is 11.4. The first-order valence-electron chi connectivity index (χ1n) is 13.7. The number of nitrogens with one attached hydrogen (secondary N) is 1. The molecule has 0 unspecified atom stereocenters. The second-order valence-corrected chi connectivity index (χ2v) is 11.7. The third-order valence-corrected chi connectivity index (χ3v) is 8.61. The fraction of sp³-hybridized carbons (Fsp3) is 0.333. The summed E-state index contributed by atoms with van der Waals surface area (Å²) in [7, 11) is 0. The highest BCUT2D eigenvalue weighted by atomic mass is 127. The van der Waals surface area contributed by atoms with Crippen LogP contribution in [0.5, 0.6) is 0 Å². The molecule has 1 aliphatic heterocycles. The van der Waals surface area contributed by atoms with Crippen molar-refractivity contribution < 1.29 is 32.7 Å². The van der Waals surface area contributed by atoms with Gasteiger partial charge in [-0.25, -0.2) is 23.1 Å². The molecule has 1 saturated heterocycles. The molecule has 3 amide bonds. The lowest BCUT2D eigenvalue weighted by Crippen LogP contribution is -2.53. The molecular formula is C30H26F3IN6O4. The summed E-state index contributed by atoms with van der Waals surface area (Å²) in [6.07, 6.45) is -1.57. The van der Waals surface area contributed by atoms with E-state index in [9.17, 15) is 37.9 Å².